The monoisotopic (exact) mass is 512 g/mol. The Morgan fingerprint density at radius 1 is 1.03 bits per heavy atom. The second-order valence-electron chi connectivity index (χ2n) is 8.70. The second kappa shape index (κ2) is 10.3. The third-order valence-corrected chi connectivity index (χ3v) is 5.43. The first-order valence-electron chi connectivity index (χ1n) is 11.4. The summed E-state index contributed by atoms with van der Waals surface area (Å²) in [5, 5.41) is 11.2. The van der Waals surface area contributed by atoms with Crippen LogP contribution in [-0.2, 0) is 9.59 Å². The quantitative estimate of drug-likeness (QED) is 0.250. The number of alkyl halides is 3. The van der Waals surface area contributed by atoms with Crippen molar-refractivity contribution in [3.05, 3.63) is 89.8 Å². The summed E-state index contributed by atoms with van der Waals surface area (Å²) in [6.07, 6.45) is -3.51. The van der Waals surface area contributed by atoms with E-state index in [1.807, 2.05) is 13.8 Å². The molecule has 192 valence electrons. The molecule has 1 aliphatic heterocycles. The fourth-order valence-electron chi connectivity index (χ4n) is 3.90. The van der Waals surface area contributed by atoms with Gasteiger partial charge in [-0.1, -0.05) is 38.1 Å². The molecule has 2 aromatic carbocycles. The molecule has 1 atom stereocenters. The Bertz CT molecular complexity index is 1340. The first kappa shape index (κ1) is 25.7. The summed E-state index contributed by atoms with van der Waals surface area (Å²) in [5.74, 6) is -2.37. The number of ether oxygens (including phenoxy) is 2. The number of aromatic nitrogens is 1. The zero-order valence-electron chi connectivity index (χ0n) is 19.9. The Kier molecular flexibility index (Phi) is 7.19. The number of Topliss-reactive ketones (excluding diaryl/α,β-unsaturated/α-hetero) is 1. The van der Waals surface area contributed by atoms with Crippen LogP contribution in [0.4, 0.5) is 18.9 Å². The smallest absolute Gasteiger partial charge is 0.507 e. The summed E-state index contributed by atoms with van der Waals surface area (Å²) >= 11 is 0. The molecule has 0 aliphatic carbocycles. The molecule has 2 heterocycles. The van der Waals surface area contributed by atoms with E-state index >= 15 is 0 Å². The first-order valence-corrected chi connectivity index (χ1v) is 11.4. The highest BCUT2D eigenvalue weighted by Crippen LogP contribution is 2.42. The lowest BCUT2D eigenvalue weighted by molar-refractivity contribution is -0.274. The fourth-order valence-corrected chi connectivity index (χ4v) is 3.90. The van der Waals surface area contributed by atoms with Crippen LogP contribution in [-0.4, -0.2) is 34.8 Å². The van der Waals surface area contributed by atoms with Gasteiger partial charge in [-0.3, -0.25) is 19.5 Å². The van der Waals surface area contributed by atoms with E-state index in [-0.39, 0.29) is 28.4 Å². The first-order chi connectivity index (χ1) is 17.5. The number of hydrogen-bond donors (Lipinski definition) is 1. The van der Waals surface area contributed by atoms with Crippen LogP contribution in [0, 0.1) is 5.92 Å². The third kappa shape index (κ3) is 5.74. The van der Waals surface area contributed by atoms with Crippen LogP contribution in [0.1, 0.15) is 31.1 Å². The van der Waals surface area contributed by atoms with Gasteiger partial charge in [-0.2, -0.15) is 0 Å². The van der Waals surface area contributed by atoms with Crippen molar-refractivity contribution in [2.24, 2.45) is 5.92 Å². The van der Waals surface area contributed by atoms with Crippen molar-refractivity contribution in [1.82, 2.24) is 4.98 Å². The van der Waals surface area contributed by atoms with Gasteiger partial charge >= 0.3 is 6.36 Å². The average Bonchev–Trinajstić information content (AvgIpc) is 3.12. The number of anilines is 1. The number of carbonyl (C=O) groups excluding carboxylic acids is 2. The van der Waals surface area contributed by atoms with Gasteiger partial charge in [0, 0.05) is 23.5 Å². The number of hydrogen-bond acceptors (Lipinski definition) is 6. The van der Waals surface area contributed by atoms with Gasteiger partial charge in [0.15, 0.2) is 0 Å². The third-order valence-electron chi connectivity index (χ3n) is 5.43. The van der Waals surface area contributed by atoms with Gasteiger partial charge in [0.2, 0.25) is 0 Å². The van der Waals surface area contributed by atoms with Gasteiger partial charge in [-0.05, 0) is 42.3 Å². The highest BCUT2D eigenvalue weighted by atomic mass is 19.4. The minimum Gasteiger partial charge on any atom is -0.507 e. The summed E-state index contributed by atoms with van der Waals surface area (Å²) in [7, 11) is 0. The summed E-state index contributed by atoms with van der Waals surface area (Å²) in [4.78, 5) is 31.7. The lowest BCUT2D eigenvalue weighted by Gasteiger charge is -2.25. The van der Waals surface area contributed by atoms with Crippen molar-refractivity contribution in [2.75, 3.05) is 11.5 Å². The van der Waals surface area contributed by atoms with E-state index in [0.29, 0.717) is 12.4 Å². The molecule has 1 saturated heterocycles. The molecule has 3 aromatic rings. The van der Waals surface area contributed by atoms with E-state index in [2.05, 4.69) is 9.72 Å². The molecular weight excluding hydrogens is 489 g/mol. The van der Waals surface area contributed by atoms with Gasteiger partial charge in [-0.15, -0.1) is 13.2 Å². The number of nitrogens with zero attached hydrogens (tertiary/aromatic N) is 2. The molecule has 1 fully saturated rings. The summed E-state index contributed by atoms with van der Waals surface area (Å²) < 4.78 is 48.1. The molecule has 37 heavy (non-hydrogen) atoms. The van der Waals surface area contributed by atoms with E-state index in [1.54, 1.807) is 42.5 Å². The Morgan fingerprint density at radius 3 is 2.43 bits per heavy atom. The Morgan fingerprint density at radius 2 is 1.76 bits per heavy atom. The Hall–Kier alpha value is -4.34. The number of ketones is 1. The minimum absolute atomic E-state index is 0.0347. The fraction of sp³-hybridized carbons (Fsp3) is 0.222. The molecule has 7 nitrogen and oxygen atoms in total. The lowest BCUT2D eigenvalue weighted by Crippen LogP contribution is -2.30. The predicted octanol–water partition coefficient (Wildman–Crippen LogP) is 5.64. The van der Waals surface area contributed by atoms with Crippen molar-refractivity contribution in [3.8, 4) is 11.5 Å². The van der Waals surface area contributed by atoms with E-state index in [0.717, 1.165) is 17.0 Å². The number of amides is 1. The zero-order valence-corrected chi connectivity index (χ0v) is 19.9. The van der Waals surface area contributed by atoms with Crippen LogP contribution >= 0.6 is 0 Å². The lowest BCUT2D eigenvalue weighted by atomic mass is 9.98. The molecule has 4 rings (SSSR count). The average molecular weight is 512 g/mol. The van der Waals surface area contributed by atoms with E-state index in [1.165, 1.54) is 18.3 Å². The SMILES string of the molecule is CC(C)COc1cccc(/C(O)=C2\C(=O)C(=O)N(c3cccc(OC(F)(F)F)c3)C2c2ccccn2)c1. The molecule has 1 N–H and O–H groups in total. The van der Waals surface area contributed by atoms with Crippen LogP contribution in [0.25, 0.3) is 5.76 Å². The van der Waals surface area contributed by atoms with Crippen molar-refractivity contribution in [2.45, 2.75) is 26.3 Å². The van der Waals surface area contributed by atoms with Gasteiger partial charge < -0.3 is 14.6 Å². The van der Waals surface area contributed by atoms with E-state index in [4.69, 9.17) is 4.74 Å². The highest BCUT2D eigenvalue weighted by Gasteiger charge is 2.48. The summed E-state index contributed by atoms with van der Waals surface area (Å²) in [5.41, 5.74) is 0.173. The summed E-state index contributed by atoms with van der Waals surface area (Å²) in [6.45, 7) is 4.39. The Labute approximate surface area is 210 Å². The normalized spacial score (nSPS) is 17.4. The van der Waals surface area contributed by atoms with Crippen molar-refractivity contribution < 1.29 is 37.3 Å². The van der Waals surface area contributed by atoms with Crippen molar-refractivity contribution in [1.29, 1.82) is 0 Å². The second-order valence-corrected chi connectivity index (χ2v) is 8.70. The molecule has 0 spiro atoms. The summed E-state index contributed by atoms with van der Waals surface area (Å²) in [6, 6.07) is 14.7. The van der Waals surface area contributed by atoms with Crippen LogP contribution in [0.5, 0.6) is 11.5 Å². The van der Waals surface area contributed by atoms with Crippen LogP contribution in [0.3, 0.4) is 0 Å². The molecule has 1 amide bonds. The van der Waals surface area contributed by atoms with Crippen LogP contribution in [0.15, 0.2) is 78.5 Å². The van der Waals surface area contributed by atoms with Gasteiger partial charge in [0.05, 0.1) is 17.9 Å². The predicted molar refractivity (Wildman–Crippen MR) is 129 cm³/mol. The maximum absolute atomic E-state index is 13.2. The molecule has 0 saturated carbocycles. The standard InChI is InChI=1S/C27H23F3N2O5/c1-16(2)15-36-19-9-5-7-17(13-19)24(33)22-23(21-11-3-4-12-31-21)32(26(35)25(22)34)18-8-6-10-20(14-18)37-27(28,29)30/h3-14,16,23,33H,15H2,1-2H3/b24-22+. The molecule has 1 unspecified atom stereocenters. The number of aliphatic hydroxyl groups is 1. The largest absolute Gasteiger partial charge is 0.573 e. The molecule has 1 aliphatic rings. The van der Waals surface area contributed by atoms with Crippen LogP contribution in [0.2, 0.25) is 0 Å². The number of benzene rings is 2. The number of carbonyl (C=O) groups is 2. The minimum atomic E-state index is -4.95. The van der Waals surface area contributed by atoms with Crippen LogP contribution < -0.4 is 14.4 Å². The number of rotatable bonds is 7. The van der Waals surface area contributed by atoms with Crippen molar-refractivity contribution >= 4 is 23.1 Å². The van der Waals surface area contributed by atoms with Gasteiger partial charge in [0.1, 0.15) is 23.3 Å². The number of halogens is 3. The topological polar surface area (TPSA) is 89.0 Å². The molecular formula is C27H23F3N2O5. The molecule has 10 heteroatoms. The number of aliphatic hydroxyl groups excluding tert-OH is 1. The Balaban J connectivity index is 1.83. The number of pyridine rings is 1. The van der Waals surface area contributed by atoms with Crippen molar-refractivity contribution in [3.63, 3.8) is 0 Å². The van der Waals surface area contributed by atoms with E-state index in [9.17, 15) is 27.9 Å². The maximum Gasteiger partial charge on any atom is 0.573 e. The molecule has 1 aromatic heterocycles. The van der Waals surface area contributed by atoms with Gasteiger partial charge in [0.25, 0.3) is 11.7 Å². The zero-order chi connectivity index (χ0) is 26.7. The van der Waals surface area contributed by atoms with E-state index < -0.39 is 35.6 Å². The maximum atomic E-state index is 13.2. The highest BCUT2D eigenvalue weighted by molar-refractivity contribution is 6.51. The molecule has 0 radical (unpaired) electrons. The molecule has 0 bridgehead atoms. The van der Waals surface area contributed by atoms with Gasteiger partial charge in [-0.25, -0.2) is 0 Å².